The predicted octanol–water partition coefficient (Wildman–Crippen LogP) is 4.06. The van der Waals surface area contributed by atoms with Crippen LogP contribution in [0.15, 0.2) is 54.7 Å². The molecule has 1 aromatic heterocycles. The Bertz CT molecular complexity index is 1150. The Labute approximate surface area is 197 Å². The number of nitrogens with zero attached hydrogens (tertiary/aromatic N) is 2. The van der Waals surface area contributed by atoms with Gasteiger partial charge in [0.2, 0.25) is 5.91 Å². The maximum atomic E-state index is 12.3. The third-order valence-corrected chi connectivity index (χ3v) is 4.87. The molecule has 0 saturated carbocycles. The monoisotopic (exact) mass is 465 g/mol. The fraction of sp³-hybridized carbons (Fsp3) is 0.280. The summed E-state index contributed by atoms with van der Waals surface area (Å²) in [4.78, 5) is 35.5. The Kier molecular flexibility index (Phi) is 8.39. The number of aromatic nitrogens is 2. The molecule has 34 heavy (non-hydrogen) atoms. The molecule has 0 aliphatic carbocycles. The van der Waals surface area contributed by atoms with E-state index in [0.29, 0.717) is 35.8 Å². The summed E-state index contributed by atoms with van der Waals surface area (Å²) >= 11 is 0. The van der Waals surface area contributed by atoms with Crippen LogP contribution in [-0.2, 0) is 9.53 Å². The lowest BCUT2D eigenvalue weighted by atomic mass is 10.1. The van der Waals surface area contributed by atoms with Gasteiger partial charge in [0.1, 0.15) is 0 Å². The zero-order valence-electron chi connectivity index (χ0n) is 19.4. The number of benzene rings is 2. The average Bonchev–Trinajstić information content (AvgIpc) is 3.33. The molecule has 0 unspecified atom stereocenters. The van der Waals surface area contributed by atoms with E-state index in [9.17, 15) is 14.4 Å². The molecule has 0 radical (unpaired) electrons. The summed E-state index contributed by atoms with van der Waals surface area (Å²) in [7, 11) is 1.51. The van der Waals surface area contributed by atoms with E-state index in [1.54, 1.807) is 66.3 Å². The molecule has 1 heterocycles. The van der Waals surface area contributed by atoms with Crippen molar-refractivity contribution in [2.45, 2.75) is 26.7 Å². The van der Waals surface area contributed by atoms with E-state index in [1.807, 2.05) is 0 Å². The summed E-state index contributed by atoms with van der Waals surface area (Å²) in [5, 5.41) is 7.05. The van der Waals surface area contributed by atoms with Crippen LogP contribution in [-0.4, -0.2) is 47.8 Å². The molecule has 1 amide bonds. The second kappa shape index (κ2) is 11.6. The number of anilines is 1. The largest absolute Gasteiger partial charge is 0.493 e. The number of ketones is 1. The minimum Gasteiger partial charge on any atom is -0.493 e. The number of methoxy groups -OCH3 is 1. The van der Waals surface area contributed by atoms with E-state index in [1.165, 1.54) is 14.0 Å². The number of Topliss-reactive ketones (excluding diaryl/α,β-unsaturated/α-hetero) is 1. The van der Waals surface area contributed by atoms with Crippen LogP contribution in [0.1, 0.15) is 47.5 Å². The molecule has 0 saturated heterocycles. The van der Waals surface area contributed by atoms with Crippen LogP contribution in [0.25, 0.3) is 5.69 Å². The summed E-state index contributed by atoms with van der Waals surface area (Å²) in [5.41, 5.74) is 2.16. The molecular formula is C25H27N3O6. The highest BCUT2D eigenvalue weighted by Gasteiger charge is 2.12. The van der Waals surface area contributed by atoms with Crippen molar-refractivity contribution < 1.29 is 28.6 Å². The second-order valence-electron chi connectivity index (χ2n) is 7.33. The van der Waals surface area contributed by atoms with Gasteiger partial charge in [0.05, 0.1) is 26.0 Å². The van der Waals surface area contributed by atoms with Gasteiger partial charge in [0.25, 0.3) is 0 Å². The Morgan fingerprint density at radius 1 is 1.03 bits per heavy atom. The summed E-state index contributed by atoms with van der Waals surface area (Å²) in [6, 6.07) is 13.7. The van der Waals surface area contributed by atoms with E-state index in [0.717, 1.165) is 5.69 Å². The first-order valence-electron chi connectivity index (χ1n) is 10.9. The summed E-state index contributed by atoms with van der Waals surface area (Å²) < 4.78 is 17.5. The van der Waals surface area contributed by atoms with Crippen molar-refractivity contribution in [2.24, 2.45) is 0 Å². The molecule has 0 bridgehead atoms. The van der Waals surface area contributed by atoms with E-state index in [-0.39, 0.29) is 30.4 Å². The van der Waals surface area contributed by atoms with Crippen LogP contribution in [0.3, 0.4) is 0 Å². The third-order valence-electron chi connectivity index (χ3n) is 4.87. The van der Waals surface area contributed by atoms with Gasteiger partial charge >= 0.3 is 5.97 Å². The quantitative estimate of drug-likeness (QED) is 0.258. The molecule has 9 heteroatoms. The molecule has 178 valence electrons. The molecule has 0 atom stereocenters. The van der Waals surface area contributed by atoms with Gasteiger partial charge in [-0.1, -0.05) is 0 Å². The van der Waals surface area contributed by atoms with Gasteiger partial charge in [0.15, 0.2) is 23.0 Å². The van der Waals surface area contributed by atoms with Crippen molar-refractivity contribution in [3.05, 3.63) is 66.0 Å². The Hall–Kier alpha value is -4.14. The highest BCUT2D eigenvalue weighted by atomic mass is 16.5. The molecule has 1 N–H and O–H groups in total. The zero-order valence-corrected chi connectivity index (χ0v) is 19.4. The molecule has 0 spiro atoms. The highest BCUT2D eigenvalue weighted by Crippen LogP contribution is 2.28. The van der Waals surface area contributed by atoms with Gasteiger partial charge in [-0.15, -0.1) is 0 Å². The van der Waals surface area contributed by atoms with Gasteiger partial charge in [-0.05, 0) is 68.8 Å². The number of nitrogens with one attached hydrogen (secondary N) is 1. The fourth-order valence-corrected chi connectivity index (χ4v) is 3.12. The number of carbonyl (C=O) groups is 3. The standard InChI is InChI=1S/C25H27N3O6/c1-4-33-25(31)21-13-14-28(27-21)20-10-8-19(9-11-20)26-24(30)6-5-15-34-22-12-7-18(17(2)29)16-23(22)32-3/h7-14,16H,4-6,15H2,1-3H3,(H,26,30). The minimum atomic E-state index is -0.472. The minimum absolute atomic E-state index is 0.0550. The van der Waals surface area contributed by atoms with E-state index in [2.05, 4.69) is 10.4 Å². The number of ether oxygens (including phenoxy) is 3. The van der Waals surface area contributed by atoms with Gasteiger partial charge in [-0.2, -0.15) is 5.10 Å². The summed E-state index contributed by atoms with van der Waals surface area (Å²) in [6.07, 6.45) is 2.45. The van der Waals surface area contributed by atoms with Crippen LogP contribution in [0.4, 0.5) is 5.69 Å². The maximum Gasteiger partial charge on any atom is 0.358 e. The molecule has 3 rings (SSSR count). The van der Waals surface area contributed by atoms with Crippen molar-refractivity contribution in [1.82, 2.24) is 9.78 Å². The average molecular weight is 466 g/mol. The summed E-state index contributed by atoms with van der Waals surface area (Å²) in [5.74, 6) is 0.331. The van der Waals surface area contributed by atoms with Gasteiger partial charge < -0.3 is 19.5 Å². The molecule has 0 fully saturated rings. The highest BCUT2D eigenvalue weighted by molar-refractivity contribution is 5.94. The number of hydrogen-bond acceptors (Lipinski definition) is 7. The van der Waals surface area contributed by atoms with Crippen molar-refractivity contribution in [1.29, 1.82) is 0 Å². The Morgan fingerprint density at radius 2 is 1.79 bits per heavy atom. The molecule has 2 aromatic carbocycles. The van der Waals surface area contributed by atoms with Crippen LogP contribution in [0, 0.1) is 0 Å². The van der Waals surface area contributed by atoms with E-state index >= 15 is 0 Å². The molecule has 9 nitrogen and oxygen atoms in total. The van der Waals surface area contributed by atoms with Crippen LogP contribution >= 0.6 is 0 Å². The third kappa shape index (κ3) is 6.44. The second-order valence-corrected chi connectivity index (χ2v) is 7.33. The lowest BCUT2D eigenvalue weighted by Crippen LogP contribution is -2.13. The van der Waals surface area contributed by atoms with Crippen molar-refractivity contribution >= 4 is 23.3 Å². The van der Waals surface area contributed by atoms with Crippen LogP contribution in [0.2, 0.25) is 0 Å². The fourth-order valence-electron chi connectivity index (χ4n) is 3.12. The number of carbonyl (C=O) groups excluding carboxylic acids is 3. The Balaban J connectivity index is 1.47. The molecule has 0 aliphatic heterocycles. The van der Waals surface area contributed by atoms with Crippen molar-refractivity contribution in [2.75, 3.05) is 25.6 Å². The van der Waals surface area contributed by atoms with Crippen molar-refractivity contribution in [3.63, 3.8) is 0 Å². The first-order valence-corrected chi connectivity index (χ1v) is 10.9. The van der Waals surface area contributed by atoms with E-state index in [4.69, 9.17) is 14.2 Å². The number of esters is 1. The molecule has 3 aromatic rings. The number of amides is 1. The molecular weight excluding hydrogens is 438 g/mol. The summed E-state index contributed by atoms with van der Waals surface area (Å²) in [6.45, 7) is 3.83. The molecule has 0 aliphatic rings. The zero-order chi connectivity index (χ0) is 24.5. The maximum absolute atomic E-state index is 12.3. The predicted molar refractivity (Wildman–Crippen MR) is 126 cm³/mol. The smallest absolute Gasteiger partial charge is 0.358 e. The number of hydrogen-bond donors (Lipinski definition) is 1. The van der Waals surface area contributed by atoms with Gasteiger partial charge in [-0.3, -0.25) is 9.59 Å². The van der Waals surface area contributed by atoms with Gasteiger partial charge in [-0.25, -0.2) is 9.48 Å². The normalized spacial score (nSPS) is 10.4. The van der Waals surface area contributed by atoms with Gasteiger partial charge in [0, 0.05) is 23.9 Å². The van der Waals surface area contributed by atoms with E-state index < -0.39 is 5.97 Å². The van der Waals surface area contributed by atoms with Crippen LogP contribution < -0.4 is 14.8 Å². The van der Waals surface area contributed by atoms with Crippen LogP contribution in [0.5, 0.6) is 11.5 Å². The SMILES string of the molecule is CCOC(=O)c1ccn(-c2ccc(NC(=O)CCCOc3ccc(C(C)=O)cc3OC)cc2)n1. The lowest BCUT2D eigenvalue weighted by Gasteiger charge is -2.11. The topological polar surface area (TPSA) is 109 Å². The first-order chi connectivity index (χ1) is 16.4. The lowest BCUT2D eigenvalue weighted by molar-refractivity contribution is -0.116. The number of rotatable bonds is 11. The first kappa shape index (κ1) is 24.5. The Morgan fingerprint density at radius 3 is 2.47 bits per heavy atom. The van der Waals surface area contributed by atoms with Crippen molar-refractivity contribution in [3.8, 4) is 17.2 Å².